The number of benzene rings is 1. The number of phenolic OH excluding ortho intramolecular Hbond substituents is 1. The zero-order valence-corrected chi connectivity index (χ0v) is 7.29. The molecule has 0 aliphatic rings. The first-order valence-corrected chi connectivity index (χ1v) is 3.76. The van der Waals surface area contributed by atoms with Gasteiger partial charge in [0, 0.05) is 0 Å². The summed E-state index contributed by atoms with van der Waals surface area (Å²) in [5.41, 5.74) is 2.91. The van der Waals surface area contributed by atoms with Crippen molar-refractivity contribution in [2.45, 2.75) is 20.5 Å². The molecule has 0 atom stereocenters. The van der Waals surface area contributed by atoms with Crippen LogP contribution in [0.15, 0.2) is 12.1 Å². The summed E-state index contributed by atoms with van der Waals surface area (Å²) in [6, 6.07) is 3.46. The highest BCUT2D eigenvalue weighted by molar-refractivity contribution is 5.42. The second-order valence-electron chi connectivity index (χ2n) is 2.80. The molecule has 3 heteroatoms. The lowest BCUT2D eigenvalue weighted by atomic mass is 10.0. The fraction of sp³-hybridized carbons (Fsp3) is 0.333. The van der Waals surface area contributed by atoms with Crippen molar-refractivity contribution in [3.05, 3.63) is 28.8 Å². The topological polar surface area (TPSA) is 55.5 Å². The normalized spacial score (nSPS) is 10.2. The van der Waals surface area contributed by atoms with Gasteiger partial charge in [0.25, 0.3) is 0 Å². The molecule has 66 valence electrons. The Labute approximate surface area is 71.7 Å². The molecule has 12 heavy (non-hydrogen) atoms. The first kappa shape index (κ1) is 9.03. The summed E-state index contributed by atoms with van der Waals surface area (Å²) in [5, 5.41) is 9.32. The maximum atomic E-state index is 9.32. The molecule has 0 spiro atoms. The van der Waals surface area contributed by atoms with Gasteiger partial charge in [-0.3, -0.25) is 4.84 Å². The molecule has 1 aromatic carbocycles. The molecule has 3 nitrogen and oxygen atoms in total. The van der Waals surface area contributed by atoms with Crippen LogP contribution in [-0.2, 0) is 11.4 Å². The van der Waals surface area contributed by atoms with Gasteiger partial charge >= 0.3 is 0 Å². The van der Waals surface area contributed by atoms with Gasteiger partial charge in [0.15, 0.2) is 0 Å². The van der Waals surface area contributed by atoms with E-state index in [-0.39, 0.29) is 0 Å². The van der Waals surface area contributed by atoms with Gasteiger partial charge in [-0.15, -0.1) is 0 Å². The van der Waals surface area contributed by atoms with Gasteiger partial charge in [-0.25, -0.2) is 5.90 Å². The van der Waals surface area contributed by atoms with Crippen LogP contribution in [0.1, 0.15) is 16.7 Å². The molecule has 0 fully saturated rings. The van der Waals surface area contributed by atoms with Crippen molar-refractivity contribution in [3.63, 3.8) is 0 Å². The summed E-state index contributed by atoms with van der Waals surface area (Å²) >= 11 is 0. The van der Waals surface area contributed by atoms with Crippen molar-refractivity contribution in [1.29, 1.82) is 0 Å². The van der Waals surface area contributed by atoms with E-state index >= 15 is 0 Å². The van der Waals surface area contributed by atoms with Gasteiger partial charge in [0.2, 0.25) is 0 Å². The van der Waals surface area contributed by atoms with Gasteiger partial charge < -0.3 is 5.11 Å². The van der Waals surface area contributed by atoms with E-state index in [0.717, 1.165) is 16.7 Å². The molecule has 1 aromatic rings. The van der Waals surface area contributed by atoms with E-state index in [1.165, 1.54) is 0 Å². The Balaban J connectivity index is 3.08. The molecule has 0 bridgehead atoms. The number of rotatable bonds is 2. The van der Waals surface area contributed by atoms with Crippen LogP contribution in [0.3, 0.4) is 0 Å². The van der Waals surface area contributed by atoms with Gasteiger partial charge in [0.05, 0.1) is 6.61 Å². The maximum Gasteiger partial charge on any atom is 0.118 e. The number of hydrogen-bond acceptors (Lipinski definition) is 3. The predicted molar refractivity (Wildman–Crippen MR) is 46.6 cm³/mol. The minimum Gasteiger partial charge on any atom is -0.508 e. The van der Waals surface area contributed by atoms with E-state index in [1.54, 1.807) is 6.07 Å². The van der Waals surface area contributed by atoms with Crippen LogP contribution in [0.25, 0.3) is 0 Å². The second-order valence-corrected chi connectivity index (χ2v) is 2.80. The highest BCUT2D eigenvalue weighted by Gasteiger charge is 2.04. The Morgan fingerprint density at radius 1 is 1.33 bits per heavy atom. The SMILES string of the molecule is Cc1c(O)ccc(CON)c1C. The van der Waals surface area contributed by atoms with Crippen LogP contribution in [0, 0.1) is 13.8 Å². The summed E-state index contributed by atoms with van der Waals surface area (Å²) < 4.78 is 0. The monoisotopic (exact) mass is 167 g/mol. The van der Waals surface area contributed by atoms with Crippen molar-refractivity contribution in [2.24, 2.45) is 5.90 Å². The lowest BCUT2D eigenvalue weighted by molar-refractivity contribution is 0.123. The smallest absolute Gasteiger partial charge is 0.118 e. The zero-order chi connectivity index (χ0) is 9.14. The van der Waals surface area contributed by atoms with E-state index in [9.17, 15) is 5.11 Å². The lowest BCUT2D eigenvalue weighted by Gasteiger charge is -2.08. The van der Waals surface area contributed by atoms with E-state index in [0.29, 0.717) is 12.4 Å². The Morgan fingerprint density at radius 2 is 2.00 bits per heavy atom. The third kappa shape index (κ3) is 1.57. The molecule has 3 N–H and O–H groups in total. The predicted octanol–water partition coefficient (Wildman–Crippen LogP) is 1.40. The van der Waals surface area contributed by atoms with E-state index < -0.39 is 0 Å². The Bertz CT molecular complexity index is 284. The van der Waals surface area contributed by atoms with Gasteiger partial charge in [-0.2, -0.15) is 0 Å². The van der Waals surface area contributed by atoms with Crippen LogP contribution in [0.5, 0.6) is 5.75 Å². The van der Waals surface area contributed by atoms with Crippen molar-refractivity contribution >= 4 is 0 Å². The van der Waals surface area contributed by atoms with Crippen LogP contribution < -0.4 is 5.90 Å². The molecule has 0 saturated heterocycles. The Morgan fingerprint density at radius 3 is 2.58 bits per heavy atom. The quantitative estimate of drug-likeness (QED) is 0.654. The number of nitrogens with two attached hydrogens (primary N) is 1. The fourth-order valence-corrected chi connectivity index (χ4v) is 1.11. The second kappa shape index (κ2) is 3.56. The van der Waals surface area contributed by atoms with Crippen LogP contribution >= 0.6 is 0 Å². The van der Waals surface area contributed by atoms with Crippen LogP contribution in [-0.4, -0.2) is 5.11 Å². The third-order valence-corrected chi connectivity index (χ3v) is 2.11. The summed E-state index contributed by atoms with van der Waals surface area (Å²) in [7, 11) is 0. The zero-order valence-electron chi connectivity index (χ0n) is 7.29. The summed E-state index contributed by atoms with van der Waals surface area (Å²) in [6.45, 7) is 4.18. The molecule has 0 radical (unpaired) electrons. The maximum absolute atomic E-state index is 9.32. The third-order valence-electron chi connectivity index (χ3n) is 2.11. The Hall–Kier alpha value is -1.06. The van der Waals surface area contributed by atoms with E-state index in [4.69, 9.17) is 5.90 Å². The lowest BCUT2D eigenvalue weighted by Crippen LogP contribution is -2.01. The molecule has 0 aromatic heterocycles. The molecule has 1 rings (SSSR count). The summed E-state index contributed by atoms with van der Waals surface area (Å²) in [4.78, 5) is 4.52. The molecule has 0 saturated carbocycles. The standard InChI is InChI=1S/C9H13NO2/c1-6-7(2)9(11)4-3-8(6)5-12-10/h3-4,11H,5,10H2,1-2H3. The number of phenols is 1. The molecule has 0 unspecified atom stereocenters. The molecule has 0 aliphatic carbocycles. The van der Waals surface area contributed by atoms with Gasteiger partial charge in [-0.05, 0) is 36.6 Å². The summed E-state index contributed by atoms with van der Waals surface area (Å²) in [6.07, 6.45) is 0. The fourth-order valence-electron chi connectivity index (χ4n) is 1.11. The average Bonchev–Trinajstić information content (AvgIpc) is 2.07. The van der Waals surface area contributed by atoms with Crippen LogP contribution in [0.4, 0.5) is 0 Å². The summed E-state index contributed by atoms with van der Waals surface area (Å²) in [5.74, 6) is 5.27. The van der Waals surface area contributed by atoms with Crippen molar-refractivity contribution in [2.75, 3.05) is 0 Å². The first-order chi connectivity index (χ1) is 5.66. The molecular weight excluding hydrogens is 154 g/mol. The van der Waals surface area contributed by atoms with Crippen molar-refractivity contribution in [3.8, 4) is 5.75 Å². The molecule has 0 amide bonds. The van der Waals surface area contributed by atoms with Crippen LogP contribution in [0.2, 0.25) is 0 Å². The van der Waals surface area contributed by atoms with Crippen molar-refractivity contribution < 1.29 is 9.94 Å². The number of aromatic hydroxyl groups is 1. The van der Waals surface area contributed by atoms with E-state index in [1.807, 2.05) is 19.9 Å². The first-order valence-electron chi connectivity index (χ1n) is 3.76. The average molecular weight is 167 g/mol. The van der Waals surface area contributed by atoms with Gasteiger partial charge in [0.1, 0.15) is 5.75 Å². The van der Waals surface area contributed by atoms with E-state index in [2.05, 4.69) is 4.84 Å². The highest BCUT2D eigenvalue weighted by Crippen LogP contribution is 2.22. The molecule has 0 aliphatic heterocycles. The molecule has 0 heterocycles. The highest BCUT2D eigenvalue weighted by atomic mass is 16.6. The minimum atomic E-state index is 0.313. The minimum absolute atomic E-state index is 0.313. The van der Waals surface area contributed by atoms with Gasteiger partial charge in [-0.1, -0.05) is 6.07 Å². The number of hydrogen-bond donors (Lipinski definition) is 2. The molecular formula is C9H13NO2. The Kier molecular flexibility index (Phi) is 2.68. The van der Waals surface area contributed by atoms with Crippen molar-refractivity contribution in [1.82, 2.24) is 0 Å². The largest absolute Gasteiger partial charge is 0.508 e.